The molecule has 0 spiro atoms. The molecule has 3 amide bonds. The van der Waals surface area contributed by atoms with Gasteiger partial charge in [-0.1, -0.05) is 17.7 Å². The van der Waals surface area contributed by atoms with E-state index in [1.807, 2.05) is 31.2 Å². The Morgan fingerprint density at radius 3 is 1.88 bits per heavy atom. The lowest BCUT2D eigenvalue weighted by Gasteiger charge is -2.10. The summed E-state index contributed by atoms with van der Waals surface area (Å²) < 4.78 is 5.75. The van der Waals surface area contributed by atoms with E-state index in [0.29, 0.717) is 17.2 Å². The van der Waals surface area contributed by atoms with Crippen molar-refractivity contribution in [1.29, 1.82) is 0 Å². The van der Waals surface area contributed by atoms with E-state index >= 15 is 0 Å². The SMILES string of the molecule is Cc1ccc(Oc2ccc(NC(=O)c3cc4c(cc3C(=O)O)C(=O)N(C)C4=O)cc2)cc1. The molecule has 0 fully saturated rings. The molecule has 1 aliphatic heterocycles. The Balaban J connectivity index is 1.56. The van der Waals surface area contributed by atoms with Gasteiger partial charge >= 0.3 is 5.97 Å². The highest BCUT2D eigenvalue weighted by Gasteiger charge is 2.35. The molecule has 0 bridgehead atoms. The van der Waals surface area contributed by atoms with Gasteiger partial charge in [-0.2, -0.15) is 0 Å². The van der Waals surface area contributed by atoms with Gasteiger partial charge in [-0.3, -0.25) is 19.3 Å². The fourth-order valence-electron chi connectivity index (χ4n) is 3.32. The molecule has 32 heavy (non-hydrogen) atoms. The van der Waals surface area contributed by atoms with E-state index in [0.717, 1.165) is 22.6 Å². The second-order valence-electron chi connectivity index (χ2n) is 7.31. The molecule has 1 aliphatic rings. The highest BCUT2D eigenvalue weighted by atomic mass is 16.5. The minimum Gasteiger partial charge on any atom is -0.478 e. The van der Waals surface area contributed by atoms with Crippen molar-refractivity contribution in [1.82, 2.24) is 4.90 Å². The third kappa shape index (κ3) is 3.81. The molecule has 0 saturated carbocycles. The number of carbonyl (C=O) groups is 4. The fourth-order valence-corrected chi connectivity index (χ4v) is 3.32. The van der Waals surface area contributed by atoms with Crippen molar-refractivity contribution >= 4 is 29.4 Å². The molecule has 160 valence electrons. The molecular weight excluding hydrogens is 412 g/mol. The standard InChI is InChI=1S/C24H18N2O6/c1-13-3-7-15(8-4-13)32-16-9-5-14(6-10-16)25-21(27)17-11-18-19(12-20(17)24(30)31)23(29)26(2)22(18)28/h3-12H,1-2H3,(H,25,27)(H,30,31). The molecule has 0 radical (unpaired) electrons. The van der Waals surface area contributed by atoms with Crippen molar-refractivity contribution in [2.75, 3.05) is 12.4 Å². The number of carboxylic acids is 1. The van der Waals surface area contributed by atoms with Gasteiger partial charge in [-0.15, -0.1) is 0 Å². The van der Waals surface area contributed by atoms with E-state index in [-0.39, 0.29) is 22.3 Å². The maximum absolute atomic E-state index is 12.8. The number of aryl methyl sites for hydroxylation is 1. The van der Waals surface area contributed by atoms with E-state index in [4.69, 9.17) is 4.74 Å². The summed E-state index contributed by atoms with van der Waals surface area (Å²) in [5.41, 5.74) is 0.895. The number of nitrogens with one attached hydrogen (secondary N) is 1. The monoisotopic (exact) mass is 430 g/mol. The number of hydrogen-bond acceptors (Lipinski definition) is 5. The molecule has 8 nitrogen and oxygen atoms in total. The number of ether oxygens (including phenoxy) is 1. The Hall–Kier alpha value is -4.46. The van der Waals surface area contributed by atoms with Gasteiger partial charge in [-0.25, -0.2) is 4.79 Å². The number of anilines is 1. The summed E-state index contributed by atoms with van der Waals surface area (Å²) in [5, 5.41) is 12.1. The molecule has 0 aromatic heterocycles. The van der Waals surface area contributed by atoms with Gasteiger partial charge < -0.3 is 15.2 Å². The van der Waals surface area contributed by atoms with Gasteiger partial charge in [0.25, 0.3) is 17.7 Å². The van der Waals surface area contributed by atoms with E-state index in [1.165, 1.54) is 7.05 Å². The second-order valence-corrected chi connectivity index (χ2v) is 7.31. The van der Waals surface area contributed by atoms with Gasteiger partial charge in [0.2, 0.25) is 0 Å². The maximum atomic E-state index is 12.8. The smallest absolute Gasteiger partial charge is 0.336 e. The van der Waals surface area contributed by atoms with E-state index in [2.05, 4.69) is 5.32 Å². The Bertz CT molecular complexity index is 1260. The third-order valence-electron chi connectivity index (χ3n) is 5.07. The van der Waals surface area contributed by atoms with Crippen LogP contribution in [0.1, 0.15) is 47.0 Å². The summed E-state index contributed by atoms with van der Waals surface area (Å²) in [4.78, 5) is 49.7. The predicted molar refractivity (Wildman–Crippen MR) is 115 cm³/mol. The van der Waals surface area contributed by atoms with Crippen molar-refractivity contribution < 1.29 is 29.0 Å². The first-order valence-electron chi connectivity index (χ1n) is 9.64. The van der Waals surface area contributed by atoms with Crippen LogP contribution in [0, 0.1) is 6.92 Å². The van der Waals surface area contributed by atoms with Crippen molar-refractivity contribution in [3.05, 3.63) is 88.5 Å². The van der Waals surface area contributed by atoms with Crippen LogP contribution in [0.2, 0.25) is 0 Å². The molecule has 2 N–H and O–H groups in total. The minimum absolute atomic E-state index is 0.00510. The lowest BCUT2D eigenvalue weighted by atomic mass is 9.98. The number of nitrogens with zero attached hydrogens (tertiary/aromatic N) is 1. The Kier molecular flexibility index (Phi) is 5.19. The zero-order chi connectivity index (χ0) is 23.0. The summed E-state index contributed by atoms with van der Waals surface area (Å²) in [7, 11) is 1.30. The van der Waals surface area contributed by atoms with Crippen LogP contribution in [-0.2, 0) is 0 Å². The number of carbonyl (C=O) groups excluding carboxylic acids is 3. The first kappa shape index (κ1) is 20.8. The molecule has 4 rings (SSSR count). The Morgan fingerprint density at radius 1 is 0.844 bits per heavy atom. The quantitative estimate of drug-likeness (QED) is 0.593. The van der Waals surface area contributed by atoms with Crippen LogP contribution in [-0.4, -0.2) is 40.7 Å². The van der Waals surface area contributed by atoms with Gasteiger partial charge in [0.1, 0.15) is 11.5 Å². The van der Waals surface area contributed by atoms with E-state index < -0.39 is 23.7 Å². The summed E-state index contributed by atoms with van der Waals surface area (Å²) in [5.74, 6) is -2.07. The summed E-state index contributed by atoms with van der Waals surface area (Å²) >= 11 is 0. The molecular formula is C24H18N2O6. The van der Waals surface area contributed by atoms with Gasteiger partial charge in [-0.05, 0) is 55.5 Å². The summed E-state index contributed by atoms with van der Waals surface area (Å²) in [6, 6.07) is 16.3. The first-order chi connectivity index (χ1) is 15.2. The molecule has 0 atom stereocenters. The number of amides is 3. The van der Waals surface area contributed by atoms with E-state index in [9.17, 15) is 24.3 Å². The Morgan fingerprint density at radius 2 is 1.34 bits per heavy atom. The summed E-state index contributed by atoms with van der Waals surface area (Å²) in [6.07, 6.45) is 0. The van der Waals surface area contributed by atoms with Crippen molar-refractivity contribution in [3.8, 4) is 11.5 Å². The van der Waals surface area contributed by atoms with Gasteiger partial charge in [0, 0.05) is 12.7 Å². The van der Waals surface area contributed by atoms with E-state index in [1.54, 1.807) is 24.3 Å². The van der Waals surface area contributed by atoms with Crippen LogP contribution in [0.4, 0.5) is 5.69 Å². The molecule has 1 heterocycles. The average Bonchev–Trinajstić information content (AvgIpc) is 2.99. The number of benzene rings is 3. The lowest BCUT2D eigenvalue weighted by molar-refractivity contribution is 0.0684. The van der Waals surface area contributed by atoms with Crippen molar-refractivity contribution in [2.24, 2.45) is 0 Å². The highest BCUT2D eigenvalue weighted by Crippen LogP contribution is 2.27. The van der Waals surface area contributed by atoms with Crippen molar-refractivity contribution in [3.63, 3.8) is 0 Å². The summed E-state index contributed by atoms with van der Waals surface area (Å²) in [6.45, 7) is 1.98. The normalized spacial score (nSPS) is 12.5. The molecule has 3 aromatic rings. The lowest BCUT2D eigenvalue weighted by Crippen LogP contribution is -2.24. The first-order valence-corrected chi connectivity index (χ1v) is 9.64. The minimum atomic E-state index is -1.38. The molecule has 8 heteroatoms. The number of rotatable bonds is 5. The van der Waals surface area contributed by atoms with Crippen LogP contribution in [0.25, 0.3) is 0 Å². The Labute approximate surface area is 183 Å². The third-order valence-corrected chi connectivity index (χ3v) is 5.07. The second kappa shape index (κ2) is 7.99. The maximum Gasteiger partial charge on any atom is 0.336 e. The number of fused-ring (bicyclic) bond motifs is 1. The van der Waals surface area contributed by atoms with Crippen LogP contribution in [0.15, 0.2) is 60.7 Å². The largest absolute Gasteiger partial charge is 0.478 e. The van der Waals surface area contributed by atoms with Gasteiger partial charge in [0.15, 0.2) is 0 Å². The topological polar surface area (TPSA) is 113 Å². The fraction of sp³-hybridized carbons (Fsp3) is 0.0833. The number of imide groups is 1. The van der Waals surface area contributed by atoms with Crippen LogP contribution < -0.4 is 10.1 Å². The average molecular weight is 430 g/mol. The van der Waals surface area contributed by atoms with Crippen LogP contribution >= 0.6 is 0 Å². The molecule has 0 aliphatic carbocycles. The zero-order valence-corrected chi connectivity index (χ0v) is 17.2. The van der Waals surface area contributed by atoms with Gasteiger partial charge in [0.05, 0.1) is 22.3 Å². The number of carboxylic acid groups (broad SMARTS) is 1. The number of hydrogen-bond donors (Lipinski definition) is 2. The zero-order valence-electron chi connectivity index (χ0n) is 17.2. The molecule has 0 unspecified atom stereocenters. The molecule has 0 saturated heterocycles. The molecule has 3 aromatic carbocycles. The van der Waals surface area contributed by atoms with Crippen molar-refractivity contribution in [2.45, 2.75) is 6.92 Å². The highest BCUT2D eigenvalue weighted by molar-refractivity contribution is 6.23. The van der Waals surface area contributed by atoms with Crippen LogP contribution in [0.5, 0.6) is 11.5 Å². The predicted octanol–water partition coefficient (Wildman–Crippen LogP) is 3.96. The number of aromatic carboxylic acids is 1. The van der Waals surface area contributed by atoms with Crippen LogP contribution in [0.3, 0.4) is 0 Å².